The first-order chi connectivity index (χ1) is 9.37. The van der Waals surface area contributed by atoms with Gasteiger partial charge in [0.1, 0.15) is 11.8 Å². The SMILES string of the molecule is CC[C@H]1O[C@H](c2ccncc2[N+](=O)[O-])CC(=O)[C@]1(C)O. The Labute approximate surface area is 115 Å². The van der Waals surface area contributed by atoms with Crippen LogP contribution in [-0.4, -0.2) is 32.5 Å². The molecule has 1 aliphatic heterocycles. The Morgan fingerprint density at radius 3 is 2.95 bits per heavy atom. The van der Waals surface area contributed by atoms with Crippen LogP contribution in [0.3, 0.4) is 0 Å². The molecule has 20 heavy (non-hydrogen) atoms. The van der Waals surface area contributed by atoms with Crippen LogP contribution in [0.4, 0.5) is 5.69 Å². The van der Waals surface area contributed by atoms with E-state index in [1.807, 2.05) is 0 Å². The maximum Gasteiger partial charge on any atom is 0.293 e. The Balaban J connectivity index is 2.36. The Kier molecular flexibility index (Phi) is 3.82. The van der Waals surface area contributed by atoms with Crippen LogP contribution in [0.1, 0.15) is 38.4 Å². The van der Waals surface area contributed by atoms with Gasteiger partial charge in [-0.05, 0) is 19.4 Å². The second kappa shape index (κ2) is 5.26. The topological polar surface area (TPSA) is 103 Å². The van der Waals surface area contributed by atoms with E-state index in [2.05, 4.69) is 4.98 Å². The molecule has 0 spiro atoms. The highest BCUT2D eigenvalue weighted by molar-refractivity contribution is 5.88. The van der Waals surface area contributed by atoms with Gasteiger partial charge in [-0.1, -0.05) is 6.92 Å². The monoisotopic (exact) mass is 280 g/mol. The maximum atomic E-state index is 12.0. The summed E-state index contributed by atoms with van der Waals surface area (Å²) < 4.78 is 5.70. The summed E-state index contributed by atoms with van der Waals surface area (Å²) in [4.78, 5) is 26.2. The van der Waals surface area contributed by atoms with E-state index in [1.54, 1.807) is 6.92 Å². The molecule has 2 heterocycles. The molecular weight excluding hydrogens is 264 g/mol. The zero-order valence-corrected chi connectivity index (χ0v) is 11.3. The van der Waals surface area contributed by atoms with Gasteiger partial charge in [-0.2, -0.15) is 0 Å². The number of carbonyl (C=O) groups is 1. The van der Waals surface area contributed by atoms with Crippen LogP contribution in [0.2, 0.25) is 0 Å². The molecule has 1 fully saturated rings. The number of hydrogen-bond acceptors (Lipinski definition) is 6. The van der Waals surface area contributed by atoms with Gasteiger partial charge in [0.25, 0.3) is 5.69 Å². The number of ketones is 1. The molecule has 1 N–H and O–H groups in total. The van der Waals surface area contributed by atoms with E-state index in [4.69, 9.17) is 4.74 Å². The summed E-state index contributed by atoms with van der Waals surface area (Å²) in [5.74, 6) is -0.369. The lowest BCUT2D eigenvalue weighted by atomic mass is 9.84. The number of carbonyl (C=O) groups excluding carboxylic acids is 1. The van der Waals surface area contributed by atoms with Crippen LogP contribution >= 0.6 is 0 Å². The van der Waals surface area contributed by atoms with Gasteiger partial charge in [-0.3, -0.25) is 19.9 Å². The molecule has 1 aromatic heterocycles. The molecule has 0 aliphatic carbocycles. The Bertz CT molecular complexity index is 543. The van der Waals surface area contributed by atoms with Crippen molar-refractivity contribution in [2.45, 2.75) is 44.5 Å². The molecule has 0 radical (unpaired) electrons. The molecular formula is C13H16N2O5. The molecule has 0 saturated carbocycles. The molecule has 1 saturated heterocycles. The van der Waals surface area contributed by atoms with Gasteiger partial charge in [0.2, 0.25) is 0 Å². The molecule has 0 aromatic carbocycles. The van der Waals surface area contributed by atoms with Crippen LogP contribution in [0.5, 0.6) is 0 Å². The molecule has 2 rings (SSSR count). The standard InChI is InChI=1S/C13H16N2O5/c1-3-12-13(2,17)11(16)6-10(20-12)8-4-5-14-7-9(8)15(18)19/h4-5,7,10,12,17H,3,6H2,1-2H3/t10-,12+,13-/m0/s1. The van der Waals surface area contributed by atoms with Crippen molar-refractivity contribution in [3.8, 4) is 0 Å². The fourth-order valence-electron chi connectivity index (χ4n) is 2.43. The quantitative estimate of drug-likeness (QED) is 0.665. The second-order valence-corrected chi connectivity index (χ2v) is 4.99. The summed E-state index contributed by atoms with van der Waals surface area (Å²) in [6, 6.07) is 1.48. The number of rotatable bonds is 3. The van der Waals surface area contributed by atoms with Gasteiger partial charge in [-0.25, -0.2) is 0 Å². The highest BCUT2D eigenvalue weighted by Gasteiger charge is 2.46. The van der Waals surface area contributed by atoms with Crippen molar-refractivity contribution in [2.24, 2.45) is 0 Å². The average Bonchev–Trinajstić information content (AvgIpc) is 2.41. The number of Topliss-reactive ketones (excluding diaryl/α,β-unsaturated/α-hetero) is 1. The van der Waals surface area contributed by atoms with E-state index in [9.17, 15) is 20.0 Å². The number of ether oxygens (including phenoxy) is 1. The minimum absolute atomic E-state index is 0.0889. The van der Waals surface area contributed by atoms with Crippen molar-refractivity contribution in [3.63, 3.8) is 0 Å². The summed E-state index contributed by atoms with van der Waals surface area (Å²) in [7, 11) is 0. The van der Waals surface area contributed by atoms with E-state index in [0.29, 0.717) is 12.0 Å². The molecule has 3 atom stereocenters. The zero-order chi connectivity index (χ0) is 14.9. The third kappa shape index (κ3) is 2.41. The van der Waals surface area contributed by atoms with Crippen molar-refractivity contribution < 1.29 is 19.6 Å². The van der Waals surface area contributed by atoms with Crippen molar-refractivity contribution >= 4 is 11.5 Å². The minimum atomic E-state index is -1.55. The lowest BCUT2D eigenvalue weighted by molar-refractivity contribution is -0.386. The Hall–Kier alpha value is -1.86. The number of hydrogen-bond donors (Lipinski definition) is 1. The average molecular weight is 280 g/mol. The Morgan fingerprint density at radius 2 is 2.35 bits per heavy atom. The van der Waals surface area contributed by atoms with Crippen molar-refractivity contribution in [1.82, 2.24) is 4.98 Å². The van der Waals surface area contributed by atoms with Gasteiger partial charge >= 0.3 is 0 Å². The van der Waals surface area contributed by atoms with Crippen molar-refractivity contribution in [1.29, 1.82) is 0 Å². The van der Waals surface area contributed by atoms with E-state index in [-0.39, 0.29) is 17.9 Å². The molecule has 1 aliphatic rings. The first-order valence-electron chi connectivity index (χ1n) is 6.37. The summed E-state index contributed by atoms with van der Waals surface area (Å²) in [5.41, 5.74) is -1.42. The third-order valence-electron chi connectivity index (χ3n) is 3.64. The molecule has 7 nitrogen and oxygen atoms in total. The van der Waals surface area contributed by atoms with Gasteiger partial charge in [0.15, 0.2) is 5.78 Å². The molecule has 7 heteroatoms. The molecule has 0 amide bonds. The summed E-state index contributed by atoms with van der Waals surface area (Å²) in [5, 5.41) is 21.1. The largest absolute Gasteiger partial charge is 0.380 e. The highest BCUT2D eigenvalue weighted by Crippen LogP contribution is 2.38. The fraction of sp³-hybridized carbons (Fsp3) is 0.538. The van der Waals surface area contributed by atoms with Gasteiger partial charge in [0, 0.05) is 12.6 Å². The van der Waals surface area contributed by atoms with Crippen LogP contribution < -0.4 is 0 Å². The van der Waals surface area contributed by atoms with Crippen molar-refractivity contribution in [2.75, 3.05) is 0 Å². The minimum Gasteiger partial charge on any atom is -0.380 e. The lowest BCUT2D eigenvalue weighted by Gasteiger charge is -2.39. The first kappa shape index (κ1) is 14.5. The predicted molar refractivity (Wildman–Crippen MR) is 69.0 cm³/mol. The normalized spacial score (nSPS) is 30.2. The number of pyridine rings is 1. The van der Waals surface area contributed by atoms with Gasteiger partial charge < -0.3 is 9.84 Å². The molecule has 108 valence electrons. The van der Waals surface area contributed by atoms with Crippen LogP contribution in [0.25, 0.3) is 0 Å². The molecule has 0 bridgehead atoms. The second-order valence-electron chi connectivity index (χ2n) is 4.99. The zero-order valence-electron chi connectivity index (χ0n) is 11.3. The summed E-state index contributed by atoms with van der Waals surface area (Å²) >= 11 is 0. The summed E-state index contributed by atoms with van der Waals surface area (Å²) in [6.45, 7) is 3.20. The van der Waals surface area contributed by atoms with Crippen molar-refractivity contribution in [3.05, 3.63) is 34.1 Å². The molecule has 1 aromatic rings. The molecule has 0 unspecified atom stereocenters. The van der Waals surface area contributed by atoms with E-state index in [0.717, 1.165) is 6.20 Å². The maximum absolute atomic E-state index is 12.0. The predicted octanol–water partition coefficient (Wildman–Crippen LogP) is 1.55. The van der Waals surface area contributed by atoms with Crippen LogP contribution in [0.15, 0.2) is 18.5 Å². The smallest absolute Gasteiger partial charge is 0.293 e. The summed E-state index contributed by atoms with van der Waals surface area (Å²) in [6.07, 6.45) is 1.50. The number of nitro groups is 1. The lowest BCUT2D eigenvalue weighted by Crippen LogP contribution is -2.52. The van der Waals surface area contributed by atoms with Crippen LogP contribution in [0, 0.1) is 10.1 Å². The van der Waals surface area contributed by atoms with Gasteiger partial charge in [-0.15, -0.1) is 0 Å². The third-order valence-corrected chi connectivity index (χ3v) is 3.64. The fourth-order valence-corrected chi connectivity index (χ4v) is 2.43. The van der Waals surface area contributed by atoms with Crippen LogP contribution in [-0.2, 0) is 9.53 Å². The van der Waals surface area contributed by atoms with E-state index >= 15 is 0 Å². The van der Waals surface area contributed by atoms with E-state index < -0.39 is 22.7 Å². The Morgan fingerprint density at radius 1 is 1.65 bits per heavy atom. The highest BCUT2D eigenvalue weighted by atomic mass is 16.6. The number of aromatic nitrogens is 1. The van der Waals surface area contributed by atoms with Gasteiger partial charge in [0.05, 0.1) is 22.7 Å². The number of nitrogens with zero attached hydrogens (tertiary/aromatic N) is 2. The first-order valence-corrected chi connectivity index (χ1v) is 6.37. The van der Waals surface area contributed by atoms with E-state index in [1.165, 1.54) is 19.2 Å². The number of aliphatic hydroxyl groups is 1.